The van der Waals surface area contributed by atoms with Gasteiger partial charge in [0, 0.05) is 0 Å². The molecule has 5 nitrogen and oxygen atoms in total. The van der Waals surface area contributed by atoms with Crippen molar-refractivity contribution in [1.82, 2.24) is 0 Å². The van der Waals surface area contributed by atoms with Crippen molar-refractivity contribution >= 4 is 11.4 Å². The van der Waals surface area contributed by atoms with Gasteiger partial charge in [0.25, 0.3) is 5.69 Å². The molecule has 2 aromatic rings. The smallest absolute Gasteiger partial charge is 0.295 e. The zero-order valence-electron chi connectivity index (χ0n) is 9.17. The van der Waals surface area contributed by atoms with Crippen molar-refractivity contribution in [2.75, 3.05) is 5.73 Å². The molecule has 0 aromatic heterocycles. The maximum atomic E-state index is 12.7. The SMILES string of the molecule is Nc1ccc(Oc2ccc(F)cc2)cc1[N+](=O)[O-]. The third-order valence-corrected chi connectivity index (χ3v) is 2.25. The number of hydrogen-bond donors (Lipinski definition) is 1. The van der Waals surface area contributed by atoms with Crippen LogP contribution in [0.3, 0.4) is 0 Å². The van der Waals surface area contributed by atoms with Gasteiger partial charge in [0.15, 0.2) is 0 Å². The van der Waals surface area contributed by atoms with E-state index < -0.39 is 4.92 Å². The quantitative estimate of drug-likeness (QED) is 0.514. The molecule has 92 valence electrons. The fraction of sp³-hybridized carbons (Fsp3) is 0. The number of nitrogens with zero attached hydrogens (tertiary/aromatic N) is 1. The van der Waals surface area contributed by atoms with Crippen LogP contribution in [0.2, 0.25) is 0 Å². The number of nitrogens with two attached hydrogens (primary N) is 1. The highest BCUT2D eigenvalue weighted by Gasteiger charge is 2.12. The van der Waals surface area contributed by atoms with Gasteiger partial charge < -0.3 is 10.5 Å². The van der Waals surface area contributed by atoms with E-state index in [-0.39, 0.29) is 22.9 Å². The van der Waals surface area contributed by atoms with Gasteiger partial charge in [-0.05, 0) is 36.4 Å². The Morgan fingerprint density at radius 2 is 1.72 bits per heavy atom. The first-order valence-electron chi connectivity index (χ1n) is 5.03. The van der Waals surface area contributed by atoms with Gasteiger partial charge in [-0.3, -0.25) is 10.1 Å². The molecule has 0 fully saturated rings. The maximum absolute atomic E-state index is 12.7. The molecule has 0 heterocycles. The number of rotatable bonds is 3. The summed E-state index contributed by atoms with van der Waals surface area (Å²) in [4.78, 5) is 10.1. The molecule has 18 heavy (non-hydrogen) atoms. The number of nitro groups is 1. The molecule has 0 atom stereocenters. The number of ether oxygens (including phenoxy) is 1. The van der Waals surface area contributed by atoms with E-state index in [0.29, 0.717) is 5.75 Å². The Bertz CT molecular complexity index is 584. The van der Waals surface area contributed by atoms with Crippen molar-refractivity contribution in [3.63, 3.8) is 0 Å². The van der Waals surface area contributed by atoms with Crippen LogP contribution in [0.1, 0.15) is 0 Å². The maximum Gasteiger partial charge on any atom is 0.295 e. The Morgan fingerprint density at radius 1 is 1.11 bits per heavy atom. The lowest BCUT2D eigenvalue weighted by Crippen LogP contribution is -1.96. The topological polar surface area (TPSA) is 78.4 Å². The molecular formula is C12H9FN2O3. The van der Waals surface area contributed by atoms with E-state index in [9.17, 15) is 14.5 Å². The number of halogens is 1. The van der Waals surface area contributed by atoms with Crippen LogP contribution in [0, 0.1) is 15.9 Å². The van der Waals surface area contributed by atoms with Crippen LogP contribution in [0.4, 0.5) is 15.8 Å². The number of anilines is 1. The fourth-order valence-corrected chi connectivity index (χ4v) is 1.38. The molecule has 0 saturated carbocycles. The van der Waals surface area contributed by atoms with Crippen molar-refractivity contribution in [1.29, 1.82) is 0 Å². The van der Waals surface area contributed by atoms with Crippen molar-refractivity contribution in [2.45, 2.75) is 0 Å². The Hall–Kier alpha value is -2.63. The van der Waals surface area contributed by atoms with E-state index >= 15 is 0 Å². The zero-order valence-corrected chi connectivity index (χ0v) is 9.17. The molecular weight excluding hydrogens is 239 g/mol. The van der Waals surface area contributed by atoms with E-state index in [2.05, 4.69) is 0 Å². The molecule has 0 unspecified atom stereocenters. The van der Waals surface area contributed by atoms with Crippen molar-refractivity contribution < 1.29 is 14.1 Å². The van der Waals surface area contributed by atoms with Crippen LogP contribution in [0.25, 0.3) is 0 Å². The molecule has 0 saturated heterocycles. The van der Waals surface area contributed by atoms with E-state index in [1.807, 2.05) is 0 Å². The third-order valence-electron chi connectivity index (χ3n) is 2.25. The highest BCUT2D eigenvalue weighted by atomic mass is 19.1. The molecule has 2 rings (SSSR count). The lowest BCUT2D eigenvalue weighted by atomic mass is 10.2. The van der Waals surface area contributed by atoms with Crippen LogP contribution in [0.15, 0.2) is 42.5 Å². The van der Waals surface area contributed by atoms with E-state index in [0.717, 1.165) is 0 Å². The van der Waals surface area contributed by atoms with Gasteiger partial charge in [-0.2, -0.15) is 0 Å². The fourth-order valence-electron chi connectivity index (χ4n) is 1.38. The van der Waals surface area contributed by atoms with Gasteiger partial charge in [-0.25, -0.2) is 4.39 Å². The second-order valence-corrected chi connectivity index (χ2v) is 3.53. The largest absolute Gasteiger partial charge is 0.457 e. The van der Waals surface area contributed by atoms with Crippen LogP contribution in [-0.4, -0.2) is 4.92 Å². The van der Waals surface area contributed by atoms with Crippen LogP contribution in [-0.2, 0) is 0 Å². The minimum atomic E-state index is -0.590. The summed E-state index contributed by atoms with van der Waals surface area (Å²) in [5.74, 6) is 0.267. The van der Waals surface area contributed by atoms with Crippen LogP contribution in [0.5, 0.6) is 11.5 Å². The lowest BCUT2D eigenvalue weighted by molar-refractivity contribution is -0.384. The summed E-state index contributed by atoms with van der Waals surface area (Å²) < 4.78 is 18.0. The molecule has 0 amide bonds. The Morgan fingerprint density at radius 3 is 2.33 bits per heavy atom. The molecule has 0 radical (unpaired) electrons. The molecule has 2 N–H and O–H groups in total. The number of nitrogen functional groups attached to an aromatic ring is 1. The third kappa shape index (κ3) is 2.54. The molecule has 2 aromatic carbocycles. The Labute approximate surface area is 102 Å². The summed E-state index contributed by atoms with van der Waals surface area (Å²) in [6.07, 6.45) is 0. The second-order valence-electron chi connectivity index (χ2n) is 3.53. The average molecular weight is 248 g/mol. The van der Waals surface area contributed by atoms with Crippen LogP contribution >= 0.6 is 0 Å². The molecule has 6 heteroatoms. The van der Waals surface area contributed by atoms with Gasteiger partial charge in [0.05, 0.1) is 11.0 Å². The van der Waals surface area contributed by atoms with E-state index in [1.165, 1.54) is 42.5 Å². The molecule has 0 aliphatic heterocycles. The molecule has 0 aliphatic rings. The average Bonchev–Trinajstić information content (AvgIpc) is 2.34. The summed E-state index contributed by atoms with van der Waals surface area (Å²) in [5, 5.41) is 10.7. The second kappa shape index (κ2) is 4.70. The summed E-state index contributed by atoms with van der Waals surface area (Å²) in [6.45, 7) is 0. The summed E-state index contributed by atoms with van der Waals surface area (Å²) >= 11 is 0. The first kappa shape index (κ1) is 11.8. The van der Waals surface area contributed by atoms with Gasteiger partial charge >= 0.3 is 0 Å². The van der Waals surface area contributed by atoms with Crippen LogP contribution < -0.4 is 10.5 Å². The summed E-state index contributed by atoms with van der Waals surface area (Å²) in [7, 11) is 0. The van der Waals surface area contributed by atoms with Gasteiger partial charge in [-0.1, -0.05) is 0 Å². The minimum absolute atomic E-state index is 0.0615. The molecule has 0 bridgehead atoms. The molecule has 0 aliphatic carbocycles. The predicted octanol–water partition coefficient (Wildman–Crippen LogP) is 3.11. The number of benzene rings is 2. The van der Waals surface area contributed by atoms with E-state index in [4.69, 9.17) is 10.5 Å². The highest BCUT2D eigenvalue weighted by Crippen LogP contribution is 2.29. The Kier molecular flexibility index (Phi) is 3.09. The van der Waals surface area contributed by atoms with Crippen molar-refractivity contribution in [3.8, 4) is 11.5 Å². The number of nitro benzene ring substituents is 1. The lowest BCUT2D eigenvalue weighted by Gasteiger charge is -2.06. The highest BCUT2D eigenvalue weighted by molar-refractivity contribution is 5.60. The standard InChI is InChI=1S/C12H9FN2O3/c13-8-1-3-9(4-2-8)18-10-5-6-11(14)12(7-10)15(16)17/h1-7H,14H2. The van der Waals surface area contributed by atoms with Crippen molar-refractivity contribution in [2.24, 2.45) is 0 Å². The van der Waals surface area contributed by atoms with E-state index in [1.54, 1.807) is 0 Å². The minimum Gasteiger partial charge on any atom is -0.457 e. The first-order valence-corrected chi connectivity index (χ1v) is 5.03. The molecule has 0 spiro atoms. The monoisotopic (exact) mass is 248 g/mol. The summed E-state index contributed by atoms with van der Waals surface area (Å²) in [5.41, 5.74) is 5.29. The Balaban J connectivity index is 2.27. The predicted molar refractivity (Wildman–Crippen MR) is 64.0 cm³/mol. The first-order chi connectivity index (χ1) is 8.56. The van der Waals surface area contributed by atoms with Crippen molar-refractivity contribution in [3.05, 3.63) is 58.4 Å². The van der Waals surface area contributed by atoms with Gasteiger partial charge in [0.1, 0.15) is 23.0 Å². The zero-order chi connectivity index (χ0) is 13.1. The van der Waals surface area contributed by atoms with Gasteiger partial charge in [0.2, 0.25) is 0 Å². The van der Waals surface area contributed by atoms with Gasteiger partial charge in [-0.15, -0.1) is 0 Å². The normalized spacial score (nSPS) is 10.1. The number of hydrogen-bond acceptors (Lipinski definition) is 4. The summed E-state index contributed by atoms with van der Waals surface area (Å²) in [6, 6.07) is 9.44.